The van der Waals surface area contributed by atoms with Gasteiger partial charge >= 0.3 is 0 Å². The number of likely N-dealkylation sites (tertiary alicyclic amines) is 1. The van der Waals surface area contributed by atoms with Gasteiger partial charge in [-0.15, -0.1) is 11.3 Å². The Morgan fingerprint density at radius 1 is 1.32 bits per heavy atom. The summed E-state index contributed by atoms with van der Waals surface area (Å²) in [7, 11) is 0. The van der Waals surface area contributed by atoms with E-state index in [-0.39, 0.29) is 18.8 Å². The molecule has 1 saturated carbocycles. The van der Waals surface area contributed by atoms with E-state index in [1.807, 2.05) is 0 Å². The van der Waals surface area contributed by atoms with E-state index in [9.17, 15) is 8.78 Å². The Bertz CT molecular complexity index is 404. The summed E-state index contributed by atoms with van der Waals surface area (Å²) < 4.78 is 27.0. The molecule has 3 rings (SSSR count). The lowest BCUT2D eigenvalue weighted by atomic mass is 9.86. The van der Waals surface area contributed by atoms with Crippen molar-refractivity contribution in [1.29, 1.82) is 0 Å². The van der Waals surface area contributed by atoms with E-state index >= 15 is 0 Å². The average Bonchev–Trinajstić information content (AvgIpc) is 2.96. The SMILES string of the molecule is FC1(F)CCC[C@H](CN2CCC[C@@H]2c2cccs2)C1. The molecule has 0 bridgehead atoms. The van der Waals surface area contributed by atoms with Gasteiger partial charge in [0.15, 0.2) is 0 Å². The zero-order valence-corrected chi connectivity index (χ0v) is 12.0. The molecule has 1 saturated heterocycles. The minimum atomic E-state index is -2.42. The van der Waals surface area contributed by atoms with Crippen LogP contribution in [0.1, 0.15) is 49.4 Å². The summed E-state index contributed by atoms with van der Waals surface area (Å²) in [5.74, 6) is -2.23. The minimum Gasteiger partial charge on any atom is -0.295 e. The Kier molecular flexibility index (Phi) is 3.90. The van der Waals surface area contributed by atoms with Gasteiger partial charge in [-0.3, -0.25) is 4.90 Å². The first kappa shape index (κ1) is 13.5. The van der Waals surface area contributed by atoms with Crippen molar-refractivity contribution < 1.29 is 8.78 Å². The molecule has 106 valence electrons. The number of thiophene rings is 1. The summed E-state index contributed by atoms with van der Waals surface area (Å²) >= 11 is 1.80. The van der Waals surface area contributed by atoms with Crippen LogP contribution in [0.15, 0.2) is 17.5 Å². The standard InChI is InChI=1S/C15H21F2NS/c16-15(17)7-1-4-12(10-15)11-18-8-2-5-13(18)14-6-3-9-19-14/h3,6,9,12-13H,1-2,4-5,7-8,10-11H2/t12-,13+/m0/s1. The van der Waals surface area contributed by atoms with Crippen molar-refractivity contribution in [3.63, 3.8) is 0 Å². The number of rotatable bonds is 3. The van der Waals surface area contributed by atoms with Crippen molar-refractivity contribution in [3.05, 3.63) is 22.4 Å². The molecule has 1 aromatic heterocycles. The van der Waals surface area contributed by atoms with Gasteiger partial charge in [0.05, 0.1) is 0 Å². The number of hydrogen-bond acceptors (Lipinski definition) is 2. The van der Waals surface area contributed by atoms with Crippen LogP contribution in [0.5, 0.6) is 0 Å². The van der Waals surface area contributed by atoms with Crippen LogP contribution in [0.2, 0.25) is 0 Å². The number of hydrogen-bond donors (Lipinski definition) is 0. The molecule has 2 atom stereocenters. The van der Waals surface area contributed by atoms with Gasteiger partial charge < -0.3 is 0 Å². The quantitative estimate of drug-likeness (QED) is 0.777. The Labute approximate surface area is 117 Å². The van der Waals surface area contributed by atoms with Crippen LogP contribution in [0.4, 0.5) is 8.78 Å². The highest BCUT2D eigenvalue weighted by atomic mass is 32.1. The second-order valence-corrected chi connectivity index (χ2v) is 6.97. The van der Waals surface area contributed by atoms with Gasteiger partial charge in [-0.05, 0) is 49.6 Å². The van der Waals surface area contributed by atoms with Crippen molar-refractivity contribution in [2.24, 2.45) is 5.92 Å². The predicted octanol–water partition coefficient (Wildman–Crippen LogP) is 4.71. The van der Waals surface area contributed by atoms with E-state index in [0.717, 1.165) is 19.5 Å². The molecule has 0 radical (unpaired) electrons. The molecule has 0 aromatic carbocycles. The number of alkyl halides is 2. The molecule has 4 heteroatoms. The molecule has 2 aliphatic rings. The molecule has 0 spiro atoms. The normalized spacial score (nSPS) is 31.7. The maximum atomic E-state index is 13.5. The molecule has 19 heavy (non-hydrogen) atoms. The lowest BCUT2D eigenvalue weighted by molar-refractivity contribution is -0.0574. The van der Waals surface area contributed by atoms with Crippen LogP contribution in [-0.2, 0) is 0 Å². The summed E-state index contributed by atoms with van der Waals surface area (Å²) in [6.07, 6.45) is 4.24. The van der Waals surface area contributed by atoms with E-state index in [1.54, 1.807) is 11.3 Å². The summed E-state index contributed by atoms with van der Waals surface area (Å²) in [6, 6.07) is 4.75. The summed E-state index contributed by atoms with van der Waals surface area (Å²) in [5, 5.41) is 2.11. The molecule has 0 amide bonds. The molecule has 1 nitrogen and oxygen atoms in total. The molecule has 1 aliphatic heterocycles. The largest absolute Gasteiger partial charge is 0.295 e. The van der Waals surface area contributed by atoms with Crippen LogP contribution in [0, 0.1) is 5.92 Å². The van der Waals surface area contributed by atoms with Gasteiger partial charge in [0, 0.05) is 30.3 Å². The molecule has 2 heterocycles. The molecule has 1 aromatic rings. The molecule has 2 fully saturated rings. The Morgan fingerprint density at radius 3 is 2.95 bits per heavy atom. The van der Waals surface area contributed by atoms with E-state index in [0.29, 0.717) is 12.5 Å². The van der Waals surface area contributed by atoms with E-state index in [1.165, 1.54) is 17.7 Å². The summed E-state index contributed by atoms with van der Waals surface area (Å²) in [5.41, 5.74) is 0. The van der Waals surface area contributed by atoms with Gasteiger partial charge in [0.1, 0.15) is 0 Å². The fourth-order valence-electron chi connectivity index (χ4n) is 3.61. The third kappa shape index (κ3) is 3.16. The summed E-state index contributed by atoms with van der Waals surface area (Å²) in [6.45, 7) is 1.93. The van der Waals surface area contributed by atoms with Crippen molar-refractivity contribution in [2.45, 2.75) is 50.5 Å². The Morgan fingerprint density at radius 2 is 2.21 bits per heavy atom. The number of halogens is 2. The highest BCUT2D eigenvalue weighted by Gasteiger charge is 2.38. The van der Waals surface area contributed by atoms with Gasteiger partial charge in [-0.25, -0.2) is 8.78 Å². The molecule has 0 unspecified atom stereocenters. The maximum absolute atomic E-state index is 13.5. The van der Waals surface area contributed by atoms with Gasteiger partial charge in [0.25, 0.3) is 0 Å². The monoisotopic (exact) mass is 285 g/mol. The van der Waals surface area contributed by atoms with Crippen LogP contribution >= 0.6 is 11.3 Å². The molecular weight excluding hydrogens is 264 g/mol. The van der Waals surface area contributed by atoms with E-state index < -0.39 is 5.92 Å². The van der Waals surface area contributed by atoms with Crippen molar-refractivity contribution in [3.8, 4) is 0 Å². The smallest absolute Gasteiger partial charge is 0.248 e. The van der Waals surface area contributed by atoms with Crippen LogP contribution in [0.3, 0.4) is 0 Å². The second kappa shape index (κ2) is 5.49. The Hall–Kier alpha value is -0.480. The highest BCUT2D eigenvalue weighted by molar-refractivity contribution is 7.10. The fourth-order valence-corrected chi connectivity index (χ4v) is 4.51. The van der Waals surface area contributed by atoms with Crippen LogP contribution in [-0.4, -0.2) is 23.9 Å². The molecular formula is C15H21F2NS. The molecule has 1 aliphatic carbocycles. The first-order valence-electron chi connectivity index (χ1n) is 7.29. The van der Waals surface area contributed by atoms with Crippen molar-refractivity contribution >= 4 is 11.3 Å². The zero-order chi connectivity index (χ0) is 13.3. The van der Waals surface area contributed by atoms with Gasteiger partial charge in [-0.2, -0.15) is 0 Å². The van der Waals surface area contributed by atoms with Crippen LogP contribution in [0.25, 0.3) is 0 Å². The third-order valence-electron chi connectivity index (χ3n) is 4.47. The van der Waals surface area contributed by atoms with E-state index in [4.69, 9.17) is 0 Å². The second-order valence-electron chi connectivity index (χ2n) is 5.99. The highest BCUT2D eigenvalue weighted by Crippen LogP contribution is 2.40. The van der Waals surface area contributed by atoms with Crippen molar-refractivity contribution in [2.75, 3.05) is 13.1 Å². The van der Waals surface area contributed by atoms with Gasteiger partial charge in [-0.1, -0.05) is 6.07 Å². The summed E-state index contributed by atoms with van der Waals surface area (Å²) in [4.78, 5) is 3.85. The first-order valence-corrected chi connectivity index (χ1v) is 8.17. The number of nitrogens with zero attached hydrogens (tertiary/aromatic N) is 1. The Balaban J connectivity index is 1.62. The maximum Gasteiger partial charge on any atom is 0.248 e. The zero-order valence-electron chi connectivity index (χ0n) is 11.2. The lowest BCUT2D eigenvalue weighted by Crippen LogP contribution is -2.35. The third-order valence-corrected chi connectivity index (χ3v) is 5.44. The van der Waals surface area contributed by atoms with E-state index in [2.05, 4.69) is 22.4 Å². The average molecular weight is 285 g/mol. The van der Waals surface area contributed by atoms with Crippen molar-refractivity contribution in [1.82, 2.24) is 4.90 Å². The fraction of sp³-hybridized carbons (Fsp3) is 0.733. The minimum absolute atomic E-state index is 0.0951. The first-order chi connectivity index (χ1) is 9.14. The lowest BCUT2D eigenvalue weighted by Gasteiger charge is -2.33. The molecule has 0 N–H and O–H groups in total. The predicted molar refractivity (Wildman–Crippen MR) is 74.8 cm³/mol. The van der Waals surface area contributed by atoms with Gasteiger partial charge in [0.2, 0.25) is 5.92 Å². The van der Waals surface area contributed by atoms with Crippen LogP contribution < -0.4 is 0 Å². The topological polar surface area (TPSA) is 3.24 Å².